The second kappa shape index (κ2) is 47.8. The van der Waals surface area contributed by atoms with Gasteiger partial charge in [-0.3, -0.25) is 14.4 Å². The fourth-order valence-corrected chi connectivity index (χ4v) is 6.80. The van der Waals surface area contributed by atoms with E-state index < -0.39 is 6.10 Å². The number of allylic oxidation sites excluding steroid dienone is 10. The highest BCUT2D eigenvalue weighted by molar-refractivity contribution is 5.71. The maximum atomic E-state index is 12.7. The number of unbranched alkanes of at least 4 members (excludes halogenated alkanes) is 24. The second-order valence-corrected chi connectivity index (χ2v) is 16.4. The number of ether oxygens (including phenoxy) is 3. The summed E-state index contributed by atoms with van der Waals surface area (Å²) >= 11 is 0. The lowest BCUT2D eigenvalue weighted by molar-refractivity contribution is -0.167. The third-order valence-corrected chi connectivity index (χ3v) is 10.5. The molecule has 0 N–H and O–H groups in total. The van der Waals surface area contributed by atoms with Gasteiger partial charge in [0.15, 0.2) is 6.10 Å². The molecule has 6 heteroatoms. The summed E-state index contributed by atoms with van der Waals surface area (Å²) in [6.45, 7) is 6.47. The van der Waals surface area contributed by atoms with Gasteiger partial charge in [-0.25, -0.2) is 0 Å². The minimum atomic E-state index is -0.790. The fourth-order valence-electron chi connectivity index (χ4n) is 6.80. The van der Waals surface area contributed by atoms with Crippen molar-refractivity contribution in [3.63, 3.8) is 0 Å². The van der Waals surface area contributed by atoms with Crippen LogP contribution in [0.25, 0.3) is 0 Å². The Labute approximate surface area is 364 Å². The van der Waals surface area contributed by atoms with Crippen molar-refractivity contribution >= 4 is 17.9 Å². The molecular weight excluding hydrogens is 733 g/mol. The van der Waals surface area contributed by atoms with E-state index in [1.54, 1.807) is 0 Å². The quantitative estimate of drug-likeness (QED) is 0.0200. The van der Waals surface area contributed by atoms with Crippen molar-refractivity contribution in [1.29, 1.82) is 0 Å². The Morgan fingerprint density at radius 3 is 1.15 bits per heavy atom. The van der Waals surface area contributed by atoms with Crippen LogP contribution in [0.1, 0.15) is 239 Å². The molecule has 0 saturated heterocycles. The van der Waals surface area contributed by atoms with E-state index in [2.05, 4.69) is 81.5 Å². The summed E-state index contributed by atoms with van der Waals surface area (Å²) in [5.41, 5.74) is 0. The number of carbonyl (C=O) groups is 3. The van der Waals surface area contributed by atoms with Crippen molar-refractivity contribution in [2.45, 2.75) is 245 Å². The van der Waals surface area contributed by atoms with Crippen molar-refractivity contribution in [3.8, 4) is 0 Å². The van der Waals surface area contributed by atoms with Gasteiger partial charge in [0.1, 0.15) is 13.2 Å². The van der Waals surface area contributed by atoms with E-state index in [1.807, 2.05) is 0 Å². The van der Waals surface area contributed by atoms with E-state index in [1.165, 1.54) is 103 Å². The molecule has 0 amide bonds. The first-order chi connectivity index (χ1) is 29.0. The van der Waals surface area contributed by atoms with E-state index in [0.717, 1.165) is 96.3 Å². The summed E-state index contributed by atoms with van der Waals surface area (Å²) in [5.74, 6) is -0.929. The monoisotopic (exact) mass is 825 g/mol. The summed E-state index contributed by atoms with van der Waals surface area (Å²) in [6, 6.07) is 0. The molecule has 1 unspecified atom stereocenters. The molecule has 340 valence electrons. The molecule has 0 aliphatic heterocycles. The van der Waals surface area contributed by atoms with E-state index in [9.17, 15) is 14.4 Å². The first kappa shape index (κ1) is 56.1. The van der Waals surface area contributed by atoms with Gasteiger partial charge < -0.3 is 14.2 Å². The predicted octanol–water partition coefficient (Wildman–Crippen LogP) is 16.1. The molecule has 0 bridgehead atoms. The average molecular weight is 825 g/mol. The Hall–Kier alpha value is -2.89. The van der Waals surface area contributed by atoms with Crippen LogP contribution in [0.5, 0.6) is 0 Å². The van der Waals surface area contributed by atoms with Crippen molar-refractivity contribution < 1.29 is 28.6 Å². The van der Waals surface area contributed by atoms with Crippen LogP contribution in [-0.2, 0) is 28.6 Å². The zero-order valence-corrected chi connectivity index (χ0v) is 38.8. The normalized spacial score (nSPS) is 12.5. The van der Waals surface area contributed by atoms with Crippen LogP contribution < -0.4 is 0 Å². The Morgan fingerprint density at radius 2 is 0.712 bits per heavy atom. The molecule has 0 saturated carbocycles. The standard InChI is InChI=1S/C53H92O6/c1-4-7-10-13-16-19-21-23-25-27-29-31-34-37-40-43-46-52(55)58-49-50(48-57-51(54)45-42-39-36-33-18-15-12-9-6-3)59-53(56)47-44-41-38-35-32-30-28-26-24-22-20-17-14-11-8-5-2/h7,10,16,19,23,25-26,28,30,32,50H,4-6,8-9,11-15,17-18,20-22,24,27,29,31,33-49H2,1-3H3/b10-7-,19-16-,25-23-,28-26-,32-30-. The van der Waals surface area contributed by atoms with Crippen molar-refractivity contribution in [3.05, 3.63) is 60.8 Å². The molecule has 0 aromatic heterocycles. The predicted molar refractivity (Wildman–Crippen MR) is 251 cm³/mol. The van der Waals surface area contributed by atoms with Crippen LogP contribution in [0.2, 0.25) is 0 Å². The topological polar surface area (TPSA) is 78.9 Å². The Balaban J connectivity index is 4.40. The van der Waals surface area contributed by atoms with Gasteiger partial charge in [-0.2, -0.15) is 0 Å². The lowest BCUT2D eigenvalue weighted by atomic mass is 10.1. The number of hydrogen-bond donors (Lipinski definition) is 0. The van der Waals surface area contributed by atoms with Crippen molar-refractivity contribution in [2.24, 2.45) is 0 Å². The highest BCUT2D eigenvalue weighted by Crippen LogP contribution is 2.14. The molecule has 0 aromatic rings. The fraction of sp³-hybridized carbons (Fsp3) is 0.755. The first-order valence-electron chi connectivity index (χ1n) is 24.8. The lowest BCUT2D eigenvalue weighted by Gasteiger charge is -2.18. The van der Waals surface area contributed by atoms with Gasteiger partial charge in [0.2, 0.25) is 0 Å². The number of rotatable bonds is 44. The summed E-state index contributed by atoms with van der Waals surface area (Å²) in [4.78, 5) is 37.8. The molecule has 1 atom stereocenters. The molecule has 59 heavy (non-hydrogen) atoms. The van der Waals surface area contributed by atoms with Gasteiger partial charge >= 0.3 is 17.9 Å². The number of hydrogen-bond acceptors (Lipinski definition) is 6. The zero-order chi connectivity index (χ0) is 43.0. The molecule has 0 rings (SSSR count). The maximum Gasteiger partial charge on any atom is 0.306 e. The highest BCUT2D eigenvalue weighted by Gasteiger charge is 2.19. The third kappa shape index (κ3) is 46.0. The van der Waals surface area contributed by atoms with Crippen molar-refractivity contribution in [1.82, 2.24) is 0 Å². The minimum absolute atomic E-state index is 0.0882. The summed E-state index contributed by atoms with van der Waals surface area (Å²) in [6.07, 6.45) is 57.8. The molecule has 0 aliphatic rings. The first-order valence-corrected chi connectivity index (χ1v) is 24.8. The Kier molecular flexibility index (Phi) is 45.4. The van der Waals surface area contributed by atoms with E-state index in [4.69, 9.17) is 14.2 Å². The summed E-state index contributed by atoms with van der Waals surface area (Å²) < 4.78 is 16.7. The molecule has 0 heterocycles. The van der Waals surface area contributed by atoms with E-state index in [0.29, 0.717) is 19.3 Å². The van der Waals surface area contributed by atoms with E-state index in [-0.39, 0.29) is 31.1 Å². The largest absolute Gasteiger partial charge is 0.462 e. The smallest absolute Gasteiger partial charge is 0.306 e. The Morgan fingerprint density at radius 1 is 0.373 bits per heavy atom. The second-order valence-electron chi connectivity index (χ2n) is 16.4. The van der Waals surface area contributed by atoms with Crippen LogP contribution >= 0.6 is 0 Å². The molecule has 0 fully saturated rings. The van der Waals surface area contributed by atoms with Crippen molar-refractivity contribution in [2.75, 3.05) is 13.2 Å². The minimum Gasteiger partial charge on any atom is -0.462 e. The average Bonchev–Trinajstić information content (AvgIpc) is 3.23. The van der Waals surface area contributed by atoms with Crippen LogP contribution in [-0.4, -0.2) is 37.2 Å². The molecule has 0 spiro atoms. The molecule has 6 nitrogen and oxygen atoms in total. The number of carbonyl (C=O) groups excluding carboxylic acids is 3. The third-order valence-electron chi connectivity index (χ3n) is 10.5. The maximum absolute atomic E-state index is 12.7. The van der Waals surface area contributed by atoms with E-state index >= 15 is 0 Å². The summed E-state index contributed by atoms with van der Waals surface area (Å²) in [5, 5.41) is 0. The SMILES string of the molecule is CC/C=C\C/C=C\C/C=C\CCCCCCCCC(=O)OCC(COC(=O)CCCCCCCCCCC)OC(=O)CCCCC/C=C\C=C/CCCCCCCCC. The lowest BCUT2D eigenvalue weighted by Crippen LogP contribution is -2.30. The zero-order valence-electron chi connectivity index (χ0n) is 38.8. The van der Waals surface area contributed by atoms with Crippen LogP contribution in [0.15, 0.2) is 60.8 Å². The van der Waals surface area contributed by atoms with Gasteiger partial charge in [-0.15, -0.1) is 0 Å². The van der Waals surface area contributed by atoms with Gasteiger partial charge in [0.05, 0.1) is 0 Å². The molecule has 0 aromatic carbocycles. The highest BCUT2D eigenvalue weighted by atomic mass is 16.6. The molecular formula is C53H92O6. The van der Waals surface area contributed by atoms with Gasteiger partial charge in [-0.05, 0) is 77.0 Å². The van der Waals surface area contributed by atoms with Gasteiger partial charge in [0, 0.05) is 19.3 Å². The van der Waals surface area contributed by atoms with Crippen LogP contribution in [0.3, 0.4) is 0 Å². The Bertz CT molecular complexity index is 1090. The molecule has 0 radical (unpaired) electrons. The van der Waals surface area contributed by atoms with Gasteiger partial charge in [0.25, 0.3) is 0 Å². The van der Waals surface area contributed by atoms with Gasteiger partial charge in [-0.1, -0.05) is 204 Å². The van der Waals surface area contributed by atoms with Crippen LogP contribution in [0, 0.1) is 0 Å². The van der Waals surface area contributed by atoms with Crippen LogP contribution in [0.4, 0.5) is 0 Å². The number of esters is 3. The molecule has 0 aliphatic carbocycles. The summed E-state index contributed by atoms with van der Waals surface area (Å²) in [7, 11) is 0.